The van der Waals surface area contributed by atoms with Crippen LogP contribution in [-0.2, 0) is 0 Å². The van der Waals surface area contributed by atoms with Crippen molar-refractivity contribution in [3.63, 3.8) is 0 Å². The van der Waals surface area contributed by atoms with Crippen molar-refractivity contribution in [2.24, 2.45) is 0 Å². The third-order valence-electron chi connectivity index (χ3n) is 2.22. The van der Waals surface area contributed by atoms with E-state index in [1.165, 1.54) is 0 Å². The first-order valence-electron chi connectivity index (χ1n) is 4.30. The molecular weight excluding hydrogens is 145 g/mol. The van der Waals surface area contributed by atoms with E-state index in [4.69, 9.17) is 5.11 Å². The lowest BCUT2D eigenvalue weighted by Crippen LogP contribution is -2.35. The van der Waals surface area contributed by atoms with Gasteiger partial charge in [0.1, 0.15) is 6.67 Å². The molecule has 3 heteroatoms. The summed E-state index contributed by atoms with van der Waals surface area (Å²) in [4.78, 5) is 0. The highest BCUT2D eigenvalue weighted by molar-refractivity contribution is 4.76. The number of aliphatic hydroxyl groups is 1. The van der Waals surface area contributed by atoms with Crippen LogP contribution in [0.2, 0.25) is 0 Å². The van der Waals surface area contributed by atoms with Crippen LogP contribution in [0.25, 0.3) is 0 Å². The molecule has 2 N–H and O–H groups in total. The van der Waals surface area contributed by atoms with Crippen molar-refractivity contribution in [1.29, 1.82) is 0 Å². The number of halogens is 1. The molecule has 0 aliphatic heterocycles. The van der Waals surface area contributed by atoms with Crippen LogP contribution in [-0.4, -0.2) is 30.5 Å². The van der Waals surface area contributed by atoms with Gasteiger partial charge < -0.3 is 10.4 Å². The lowest BCUT2D eigenvalue weighted by molar-refractivity contribution is 0.116. The van der Waals surface area contributed by atoms with Crippen LogP contribution >= 0.6 is 0 Å². The molecule has 1 fully saturated rings. The number of hydrogen-bond acceptors (Lipinski definition) is 2. The molecule has 1 aliphatic rings. The van der Waals surface area contributed by atoms with Crippen LogP contribution in [0.1, 0.15) is 25.7 Å². The minimum atomic E-state index is -0.293. The first-order chi connectivity index (χ1) is 5.33. The van der Waals surface area contributed by atoms with Crippen molar-refractivity contribution < 1.29 is 9.50 Å². The normalized spacial score (nSPS) is 32.2. The van der Waals surface area contributed by atoms with Crippen molar-refractivity contribution >= 4 is 0 Å². The van der Waals surface area contributed by atoms with E-state index in [2.05, 4.69) is 5.32 Å². The van der Waals surface area contributed by atoms with E-state index in [0.29, 0.717) is 12.6 Å². The Labute approximate surface area is 66.8 Å². The Hall–Kier alpha value is -0.150. The van der Waals surface area contributed by atoms with E-state index < -0.39 is 0 Å². The predicted molar refractivity (Wildman–Crippen MR) is 42.2 cm³/mol. The molecule has 1 aliphatic carbocycles. The third kappa shape index (κ3) is 3.16. The van der Waals surface area contributed by atoms with E-state index in [0.717, 1.165) is 25.7 Å². The monoisotopic (exact) mass is 161 g/mol. The van der Waals surface area contributed by atoms with E-state index in [1.54, 1.807) is 0 Å². The third-order valence-corrected chi connectivity index (χ3v) is 2.22. The van der Waals surface area contributed by atoms with Gasteiger partial charge in [0.15, 0.2) is 0 Å². The Morgan fingerprint density at radius 2 is 1.91 bits per heavy atom. The number of nitrogens with one attached hydrogen (secondary N) is 1. The molecule has 66 valence electrons. The predicted octanol–water partition coefficient (Wildman–Crippen LogP) is 0.849. The molecule has 0 atom stereocenters. The van der Waals surface area contributed by atoms with Gasteiger partial charge in [-0.05, 0) is 25.7 Å². The SMILES string of the molecule is OC1CCC(NCCF)CC1. The Morgan fingerprint density at radius 1 is 1.27 bits per heavy atom. The molecule has 0 aromatic rings. The maximum Gasteiger partial charge on any atom is 0.102 e. The Bertz CT molecular complexity index is 99.5. The van der Waals surface area contributed by atoms with E-state index >= 15 is 0 Å². The topological polar surface area (TPSA) is 32.3 Å². The van der Waals surface area contributed by atoms with Crippen LogP contribution in [0.15, 0.2) is 0 Å². The van der Waals surface area contributed by atoms with Crippen LogP contribution in [0.3, 0.4) is 0 Å². The average molecular weight is 161 g/mol. The minimum Gasteiger partial charge on any atom is -0.393 e. The Balaban J connectivity index is 2.07. The Morgan fingerprint density at radius 3 is 2.45 bits per heavy atom. The van der Waals surface area contributed by atoms with Crippen molar-refractivity contribution in [2.45, 2.75) is 37.8 Å². The first-order valence-corrected chi connectivity index (χ1v) is 4.30. The number of aliphatic hydroxyl groups excluding tert-OH is 1. The molecule has 0 saturated heterocycles. The van der Waals surface area contributed by atoms with E-state index in [1.807, 2.05) is 0 Å². The van der Waals surface area contributed by atoms with Gasteiger partial charge in [-0.15, -0.1) is 0 Å². The van der Waals surface area contributed by atoms with Gasteiger partial charge in [-0.25, -0.2) is 4.39 Å². The van der Waals surface area contributed by atoms with Gasteiger partial charge in [0, 0.05) is 12.6 Å². The Kier molecular flexibility index (Phi) is 3.80. The molecule has 0 radical (unpaired) electrons. The summed E-state index contributed by atoms with van der Waals surface area (Å²) in [5.74, 6) is 0. The molecule has 0 unspecified atom stereocenters. The van der Waals surface area contributed by atoms with Crippen molar-refractivity contribution in [3.8, 4) is 0 Å². The fraction of sp³-hybridized carbons (Fsp3) is 1.00. The second-order valence-corrected chi connectivity index (χ2v) is 3.15. The maximum absolute atomic E-state index is 11.7. The first kappa shape index (κ1) is 8.94. The zero-order valence-corrected chi connectivity index (χ0v) is 6.72. The second-order valence-electron chi connectivity index (χ2n) is 3.15. The van der Waals surface area contributed by atoms with Gasteiger partial charge in [0.05, 0.1) is 6.10 Å². The molecule has 0 aromatic heterocycles. The van der Waals surface area contributed by atoms with E-state index in [-0.39, 0.29) is 12.8 Å². The zero-order chi connectivity index (χ0) is 8.10. The molecule has 0 amide bonds. The van der Waals surface area contributed by atoms with Crippen LogP contribution < -0.4 is 5.32 Å². The second kappa shape index (κ2) is 4.67. The maximum atomic E-state index is 11.7. The molecular formula is C8H16FNO. The van der Waals surface area contributed by atoms with Crippen molar-refractivity contribution in [2.75, 3.05) is 13.2 Å². The summed E-state index contributed by atoms with van der Waals surface area (Å²) in [6.45, 7) is 0.166. The summed E-state index contributed by atoms with van der Waals surface area (Å²) in [6, 6.07) is 0.439. The highest BCUT2D eigenvalue weighted by Crippen LogP contribution is 2.17. The lowest BCUT2D eigenvalue weighted by atomic mass is 9.93. The lowest BCUT2D eigenvalue weighted by Gasteiger charge is -2.25. The summed E-state index contributed by atoms with van der Waals surface area (Å²) >= 11 is 0. The number of rotatable bonds is 3. The quantitative estimate of drug-likeness (QED) is 0.643. The summed E-state index contributed by atoms with van der Waals surface area (Å²) in [6.07, 6.45) is 3.59. The standard InChI is InChI=1S/C8H16FNO/c9-5-6-10-7-1-3-8(11)4-2-7/h7-8,10-11H,1-6H2. The van der Waals surface area contributed by atoms with Crippen molar-refractivity contribution in [3.05, 3.63) is 0 Å². The fourth-order valence-corrected chi connectivity index (χ4v) is 1.54. The fourth-order valence-electron chi connectivity index (χ4n) is 1.54. The molecule has 0 spiro atoms. The summed E-state index contributed by atoms with van der Waals surface area (Å²) in [5, 5.41) is 12.3. The minimum absolute atomic E-state index is 0.113. The van der Waals surface area contributed by atoms with Gasteiger partial charge >= 0.3 is 0 Å². The molecule has 11 heavy (non-hydrogen) atoms. The number of hydrogen-bond donors (Lipinski definition) is 2. The molecule has 0 aromatic carbocycles. The van der Waals surface area contributed by atoms with Gasteiger partial charge in [0.2, 0.25) is 0 Å². The highest BCUT2D eigenvalue weighted by atomic mass is 19.1. The zero-order valence-electron chi connectivity index (χ0n) is 6.72. The summed E-state index contributed by atoms with van der Waals surface area (Å²) < 4.78 is 11.7. The molecule has 1 saturated carbocycles. The highest BCUT2D eigenvalue weighted by Gasteiger charge is 2.17. The molecule has 0 bridgehead atoms. The van der Waals surface area contributed by atoms with Crippen LogP contribution in [0, 0.1) is 0 Å². The average Bonchev–Trinajstić information content (AvgIpc) is 2.04. The van der Waals surface area contributed by atoms with Gasteiger partial charge in [0.25, 0.3) is 0 Å². The van der Waals surface area contributed by atoms with Crippen LogP contribution in [0.5, 0.6) is 0 Å². The van der Waals surface area contributed by atoms with Gasteiger partial charge in [-0.2, -0.15) is 0 Å². The molecule has 2 nitrogen and oxygen atoms in total. The van der Waals surface area contributed by atoms with Crippen molar-refractivity contribution in [1.82, 2.24) is 5.32 Å². The van der Waals surface area contributed by atoms with Crippen LogP contribution in [0.4, 0.5) is 4.39 Å². The summed E-state index contributed by atoms with van der Waals surface area (Å²) in [7, 11) is 0. The molecule has 1 rings (SSSR count). The largest absolute Gasteiger partial charge is 0.393 e. The molecule has 0 heterocycles. The van der Waals surface area contributed by atoms with E-state index in [9.17, 15) is 4.39 Å². The van der Waals surface area contributed by atoms with Gasteiger partial charge in [-0.1, -0.05) is 0 Å². The van der Waals surface area contributed by atoms with Gasteiger partial charge in [-0.3, -0.25) is 0 Å². The number of alkyl halides is 1. The summed E-state index contributed by atoms with van der Waals surface area (Å²) in [5.41, 5.74) is 0. The smallest absolute Gasteiger partial charge is 0.102 e.